The number of anilines is 2. The molecule has 0 heterocycles. The van der Waals surface area contributed by atoms with Crippen molar-refractivity contribution in [3.05, 3.63) is 166 Å². The Bertz CT molecular complexity index is 1740. The summed E-state index contributed by atoms with van der Waals surface area (Å²) < 4.78 is 26.1. The quantitative estimate of drug-likeness (QED) is 0.0723. The number of benzene rings is 5. The fraction of sp³-hybridized carbons (Fsp3) is 0.111. The largest absolute Gasteiger partial charge is 0.381 e. The van der Waals surface area contributed by atoms with Gasteiger partial charge in [-0.15, -0.1) is 0 Å². The fourth-order valence-corrected chi connectivity index (χ4v) is 4.35. The van der Waals surface area contributed by atoms with Crippen molar-refractivity contribution < 1.29 is 13.6 Å². The van der Waals surface area contributed by atoms with Crippen molar-refractivity contribution >= 4 is 23.5 Å². The van der Waals surface area contributed by atoms with Crippen LogP contribution in [0.4, 0.5) is 20.2 Å². The summed E-state index contributed by atoms with van der Waals surface area (Å²) in [6.07, 6.45) is 1.59. The summed E-state index contributed by atoms with van der Waals surface area (Å²) in [5.41, 5.74) is 9.65. The molecule has 0 aliphatic carbocycles. The zero-order valence-corrected chi connectivity index (χ0v) is 24.5. The van der Waals surface area contributed by atoms with Crippen LogP contribution in [0.5, 0.6) is 0 Å². The molecule has 0 fully saturated rings. The van der Waals surface area contributed by atoms with E-state index in [0.29, 0.717) is 31.7 Å². The van der Waals surface area contributed by atoms with E-state index < -0.39 is 0 Å². The van der Waals surface area contributed by atoms with Crippen molar-refractivity contribution in [1.29, 1.82) is 0 Å². The lowest BCUT2D eigenvalue weighted by molar-refractivity contribution is 0.0955. The summed E-state index contributed by atoms with van der Waals surface area (Å²) in [5, 5.41) is 19.3. The van der Waals surface area contributed by atoms with Gasteiger partial charge in [-0.05, 0) is 94.5 Å². The number of carbonyl (C=O) groups excluding carboxylic acids is 1. The Kier molecular flexibility index (Phi) is 10.7. The van der Waals surface area contributed by atoms with Crippen LogP contribution in [0.3, 0.4) is 0 Å². The van der Waals surface area contributed by atoms with Gasteiger partial charge in [0.05, 0.1) is 19.3 Å². The molecule has 1 amide bonds. The van der Waals surface area contributed by atoms with Crippen LogP contribution in [0, 0.1) is 11.6 Å². The van der Waals surface area contributed by atoms with Gasteiger partial charge in [-0.2, -0.15) is 15.3 Å². The predicted octanol–water partition coefficient (Wildman–Crippen LogP) is 8.11. The first-order chi connectivity index (χ1) is 22.0. The molecule has 5 aromatic rings. The molecule has 0 atom stereocenters. The van der Waals surface area contributed by atoms with Gasteiger partial charge in [0.15, 0.2) is 0 Å². The molecule has 0 aromatic heterocycles. The van der Waals surface area contributed by atoms with E-state index >= 15 is 0 Å². The van der Waals surface area contributed by atoms with Crippen LogP contribution in [-0.4, -0.2) is 12.1 Å². The highest BCUT2D eigenvalue weighted by molar-refractivity contribution is 5.95. The Morgan fingerprint density at radius 2 is 1.11 bits per heavy atom. The van der Waals surface area contributed by atoms with Crippen molar-refractivity contribution in [1.82, 2.24) is 5.43 Å². The lowest BCUT2D eigenvalue weighted by Gasteiger charge is -2.07. The summed E-state index contributed by atoms with van der Waals surface area (Å²) in [6, 6.07) is 35.5. The molecular weight excluding hydrogens is 570 g/mol. The van der Waals surface area contributed by atoms with Crippen molar-refractivity contribution in [2.45, 2.75) is 26.2 Å². The van der Waals surface area contributed by atoms with Crippen LogP contribution in [0.2, 0.25) is 0 Å². The third-order valence-corrected chi connectivity index (χ3v) is 6.86. The molecule has 0 aliphatic heterocycles. The van der Waals surface area contributed by atoms with Gasteiger partial charge in [0.1, 0.15) is 11.6 Å². The Labute approximate surface area is 260 Å². The van der Waals surface area contributed by atoms with Crippen LogP contribution in [-0.2, 0) is 26.2 Å². The molecule has 5 aromatic carbocycles. The van der Waals surface area contributed by atoms with Crippen molar-refractivity contribution in [2.75, 3.05) is 10.6 Å². The minimum Gasteiger partial charge on any atom is -0.381 e. The predicted molar refractivity (Wildman–Crippen MR) is 174 cm³/mol. The van der Waals surface area contributed by atoms with Crippen molar-refractivity contribution in [2.24, 2.45) is 15.3 Å². The van der Waals surface area contributed by atoms with E-state index in [1.54, 1.807) is 42.6 Å². The molecule has 45 heavy (non-hydrogen) atoms. The molecule has 0 radical (unpaired) electrons. The van der Waals surface area contributed by atoms with E-state index in [9.17, 15) is 13.6 Å². The van der Waals surface area contributed by atoms with Crippen LogP contribution >= 0.6 is 0 Å². The number of nitrogens with one attached hydrogen (secondary N) is 3. The Hall–Kier alpha value is -5.70. The second-order valence-corrected chi connectivity index (χ2v) is 10.3. The molecule has 0 unspecified atom stereocenters. The Balaban J connectivity index is 1.03. The summed E-state index contributed by atoms with van der Waals surface area (Å²) in [7, 11) is 0. The first-order valence-corrected chi connectivity index (χ1v) is 14.4. The van der Waals surface area contributed by atoms with Crippen LogP contribution in [0.15, 0.2) is 137 Å². The number of halogens is 2. The third-order valence-electron chi connectivity index (χ3n) is 6.86. The lowest BCUT2D eigenvalue weighted by Crippen LogP contribution is -2.17. The third kappa shape index (κ3) is 9.93. The molecule has 7 nitrogen and oxygen atoms in total. The monoisotopic (exact) mass is 602 g/mol. The molecule has 0 saturated carbocycles. The Morgan fingerprint density at radius 1 is 0.600 bits per heavy atom. The topological polar surface area (TPSA) is 90.2 Å². The summed E-state index contributed by atoms with van der Waals surface area (Å²) in [4.78, 5) is 12.5. The molecule has 0 saturated heterocycles. The number of hydrogen-bond acceptors (Lipinski definition) is 6. The van der Waals surface area contributed by atoms with Crippen LogP contribution in [0.25, 0.3) is 0 Å². The number of hydrogen-bond donors (Lipinski definition) is 3. The van der Waals surface area contributed by atoms with Gasteiger partial charge in [0.25, 0.3) is 5.91 Å². The number of nitrogens with zero attached hydrogens (tertiary/aromatic N) is 3. The molecule has 0 aliphatic rings. The zero-order valence-electron chi connectivity index (χ0n) is 24.5. The Morgan fingerprint density at radius 3 is 1.69 bits per heavy atom. The lowest BCUT2D eigenvalue weighted by atomic mass is 10.1. The minimum absolute atomic E-state index is 0.241. The fourth-order valence-electron chi connectivity index (χ4n) is 4.35. The summed E-state index contributed by atoms with van der Waals surface area (Å²) >= 11 is 0. The van der Waals surface area contributed by atoms with Crippen LogP contribution < -0.4 is 16.1 Å². The molecule has 0 spiro atoms. The van der Waals surface area contributed by atoms with Gasteiger partial charge in [-0.1, -0.05) is 54.6 Å². The molecular formula is C36H32F2N6O. The maximum absolute atomic E-state index is 13.1. The summed E-state index contributed by atoms with van der Waals surface area (Å²) in [5.74, 6) is -0.830. The van der Waals surface area contributed by atoms with E-state index in [2.05, 4.69) is 31.4 Å². The number of azo groups is 1. The van der Waals surface area contributed by atoms with Gasteiger partial charge in [0, 0.05) is 30.0 Å². The average molecular weight is 603 g/mol. The number of rotatable bonds is 13. The van der Waals surface area contributed by atoms with Crippen LogP contribution in [0.1, 0.15) is 38.2 Å². The van der Waals surface area contributed by atoms with Crippen molar-refractivity contribution in [3.8, 4) is 0 Å². The first-order valence-electron chi connectivity index (χ1n) is 14.4. The highest BCUT2D eigenvalue weighted by Gasteiger charge is 2.04. The van der Waals surface area contributed by atoms with Gasteiger partial charge < -0.3 is 10.6 Å². The first kappa shape index (κ1) is 30.7. The second-order valence-electron chi connectivity index (χ2n) is 10.3. The van der Waals surface area contributed by atoms with Gasteiger partial charge >= 0.3 is 0 Å². The summed E-state index contributed by atoms with van der Waals surface area (Å²) in [6.45, 7) is 2.05. The smallest absolute Gasteiger partial charge is 0.271 e. The minimum atomic E-state index is -0.321. The zero-order chi connectivity index (χ0) is 31.3. The molecule has 9 heteroatoms. The maximum atomic E-state index is 13.1. The highest BCUT2D eigenvalue weighted by Crippen LogP contribution is 2.14. The van der Waals surface area contributed by atoms with Gasteiger partial charge in [-0.3, -0.25) is 4.79 Å². The SMILES string of the molecule is O=C(N/N=C\c1cccc(CN=NCc2ccc(NCc3ccc(F)cc3)cc2)c1)c1ccc(NCc2ccc(F)cc2)cc1. The van der Waals surface area contributed by atoms with E-state index in [4.69, 9.17) is 0 Å². The van der Waals surface area contributed by atoms with Crippen molar-refractivity contribution in [3.63, 3.8) is 0 Å². The average Bonchev–Trinajstić information content (AvgIpc) is 3.07. The molecule has 0 bridgehead atoms. The molecule has 226 valence electrons. The van der Waals surface area contributed by atoms with E-state index in [0.717, 1.165) is 39.2 Å². The highest BCUT2D eigenvalue weighted by atomic mass is 19.1. The molecule has 5 rings (SSSR count). The van der Waals surface area contributed by atoms with E-state index in [-0.39, 0.29) is 17.5 Å². The van der Waals surface area contributed by atoms with Gasteiger partial charge in [0.2, 0.25) is 0 Å². The van der Waals surface area contributed by atoms with E-state index in [1.165, 1.54) is 24.3 Å². The maximum Gasteiger partial charge on any atom is 0.271 e. The molecule has 3 N–H and O–H groups in total. The number of amides is 1. The van der Waals surface area contributed by atoms with Gasteiger partial charge in [-0.25, -0.2) is 14.2 Å². The number of hydrazone groups is 1. The standard InChI is InChI=1S/C36H32F2N6O/c37-32-12-4-26(5-13-32)21-39-34-16-8-28(9-17-34)23-41-42-24-29-2-1-3-30(20-29)25-43-44-36(45)31-10-18-35(19-11-31)40-22-27-6-14-33(38)15-7-27/h1-20,25,39-40H,21-24H2,(H,44,45)/b42-41?,43-25-. The van der Waals surface area contributed by atoms with E-state index in [1.807, 2.05) is 60.7 Å². The number of carbonyl (C=O) groups is 1. The second kappa shape index (κ2) is 15.7. The normalized spacial score (nSPS) is 11.2.